The van der Waals surface area contributed by atoms with Crippen LogP contribution in [0.1, 0.15) is 46.5 Å². The van der Waals surface area contributed by atoms with Gasteiger partial charge in [0.2, 0.25) is 0 Å². The van der Waals surface area contributed by atoms with Crippen LogP contribution < -0.4 is 15.0 Å². The van der Waals surface area contributed by atoms with Crippen LogP contribution in [-0.4, -0.2) is 20.1 Å². The predicted molar refractivity (Wildman–Crippen MR) is 145 cm³/mol. The van der Waals surface area contributed by atoms with Crippen LogP contribution in [-0.2, 0) is 10.3 Å². The number of rotatable bonds is 3. The largest absolute Gasteiger partial charge is 0.456 e. The van der Waals surface area contributed by atoms with E-state index in [0.717, 1.165) is 39.3 Å². The highest BCUT2D eigenvalue weighted by atomic mass is 16.6. The van der Waals surface area contributed by atoms with Gasteiger partial charge in [-0.2, -0.15) is 0 Å². The number of nitrogens with zero attached hydrogens (tertiary/aromatic N) is 1. The van der Waals surface area contributed by atoms with Gasteiger partial charge in [-0.1, -0.05) is 50.2 Å². The van der Waals surface area contributed by atoms with E-state index in [1.807, 2.05) is 119 Å². The Morgan fingerprint density at radius 2 is 1.47 bits per heavy atom. The van der Waals surface area contributed by atoms with Gasteiger partial charge < -0.3 is 19.7 Å². The van der Waals surface area contributed by atoms with Crippen molar-refractivity contribution in [2.75, 3.05) is 24.3 Å². The minimum atomic E-state index is -1.08. The summed E-state index contributed by atoms with van der Waals surface area (Å²) in [7, 11) is 3.98. The number of fused-ring (bicyclic) bond motifs is 6. The van der Waals surface area contributed by atoms with E-state index < -0.39 is 5.60 Å². The molecule has 0 bridgehead atoms. The van der Waals surface area contributed by atoms with Crippen molar-refractivity contribution in [1.82, 2.24) is 0 Å². The monoisotopic (exact) mass is 478 g/mol. The lowest BCUT2D eigenvalue weighted by molar-refractivity contribution is 0.0224. The van der Waals surface area contributed by atoms with Crippen LogP contribution >= 0.6 is 0 Å². The molecule has 5 nitrogen and oxygen atoms in total. The summed E-state index contributed by atoms with van der Waals surface area (Å²) in [4.78, 5) is 15.1. The number of aryl methyl sites for hydroxylation is 1. The number of hydrogen-bond acceptors (Lipinski definition) is 5. The van der Waals surface area contributed by atoms with E-state index in [1.165, 1.54) is 0 Å². The molecule has 0 aromatic heterocycles. The van der Waals surface area contributed by atoms with E-state index in [9.17, 15) is 4.79 Å². The number of ether oxygens (including phenoxy) is 2. The number of carbonyl (C=O) groups excluding carboxylic acids is 1. The molecule has 2 heterocycles. The van der Waals surface area contributed by atoms with Crippen LogP contribution in [0.4, 0.5) is 17.1 Å². The highest BCUT2D eigenvalue weighted by Gasteiger charge is 2.53. The van der Waals surface area contributed by atoms with E-state index in [-0.39, 0.29) is 5.97 Å². The average molecular weight is 479 g/mol. The first-order chi connectivity index (χ1) is 17.5. The van der Waals surface area contributed by atoms with Crippen molar-refractivity contribution in [2.45, 2.75) is 26.4 Å². The number of para-hydroxylation sites is 1. The summed E-state index contributed by atoms with van der Waals surface area (Å²) < 4.78 is 12.7. The van der Waals surface area contributed by atoms with Gasteiger partial charge in [0.15, 0.2) is 5.60 Å². The van der Waals surface area contributed by atoms with Gasteiger partial charge in [-0.25, -0.2) is 4.79 Å². The molecule has 4 aromatic rings. The Morgan fingerprint density at radius 3 is 2.22 bits per heavy atom. The zero-order valence-electron chi connectivity index (χ0n) is 21.3. The lowest BCUT2D eigenvalue weighted by Crippen LogP contribution is -2.33. The molecule has 0 saturated carbocycles. The van der Waals surface area contributed by atoms with Crippen LogP contribution in [0.15, 0.2) is 84.9 Å². The van der Waals surface area contributed by atoms with Gasteiger partial charge in [-0.15, -0.1) is 0 Å². The quantitative estimate of drug-likeness (QED) is 0.311. The molecule has 5 heteroatoms. The maximum atomic E-state index is 13.1. The Bertz CT molecular complexity index is 1450. The van der Waals surface area contributed by atoms with Crippen molar-refractivity contribution in [3.8, 4) is 11.5 Å². The van der Waals surface area contributed by atoms with Crippen LogP contribution in [0.3, 0.4) is 0 Å². The van der Waals surface area contributed by atoms with Gasteiger partial charge in [0.25, 0.3) is 0 Å². The van der Waals surface area contributed by atoms with E-state index in [1.54, 1.807) is 0 Å². The van der Waals surface area contributed by atoms with Gasteiger partial charge >= 0.3 is 5.97 Å². The number of carbonyl (C=O) groups is 1. The molecule has 182 valence electrons. The van der Waals surface area contributed by atoms with Gasteiger partial charge in [0.05, 0.1) is 5.56 Å². The van der Waals surface area contributed by atoms with Gasteiger partial charge in [-0.05, 0) is 55.0 Å². The topological polar surface area (TPSA) is 50.8 Å². The molecule has 6 rings (SSSR count). The maximum absolute atomic E-state index is 13.1. The van der Waals surface area contributed by atoms with Crippen molar-refractivity contribution in [2.24, 2.45) is 0 Å². The molecular formula is C31H30N2O3. The summed E-state index contributed by atoms with van der Waals surface area (Å²) in [5, 5.41) is 3.51. The molecule has 0 fully saturated rings. The second kappa shape index (κ2) is 9.08. The van der Waals surface area contributed by atoms with Crippen molar-refractivity contribution < 1.29 is 14.3 Å². The molecule has 0 amide bonds. The number of nitrogens with one attached hydrogen (secondary N) is 1. The SMILES string of the molecule is CC.Cc1cc2c(cc1Nc1ccccc1)C1(OC(=O)c3ccccc31)c1ccc(N(C)C)cc1O2. The van der Waals surface area contributed by atoms with E-state index in [4.69, 9.17) is 9.47 Å². The van der Waals surface area contributed by atoms with Crippen LogP contribution in [0.25, 0.3) is 0 Å². The highest BCUT2D eigenvalue weighted by Crippen LogP contribution is 2.57. The minimum Gasteiger partial charge on any atom is -0.456 e. The molecule has 1 atom stereocenters. The Kier molecular flexibility index (Phi) is 5.92. The first-order valence-corrected chi connectivity index (χ1v) is 12.3. The highest BCUT2D eigenvalue weighted by molar-refractivity contribution is 5.97. The van der Waals surface area contributed by atoms with Crippen molar-refractivity contribution in [1.29, 1.82) is 0 Å². The first-order valence-electron chi connectivity index (χ1n) is 12.3. The third-order valence-corrected chi connectivity index (χ3v) is 6.61. The molecular weight excluding hydrogens is 448 g/mol. The Hall–Kier alpha value is -4.25. The third kappa shape index (κ3) is 3.59. The van der Waals surface area contributed by atoms with Crippen LogP contribution in [0, 0.1) is 6.92 Å². The van der Waals surface area contributed by atoms with Gasteiger partial charge in [0.1, 0.15) is 11.5 Å². The number of hydrogen-bond donors (Lipinski definition) is 1. The summed E-state index contributed by atoms with van der Waals surface area (Å²) in [5.74, 6) is 1.04. The van der Waals surface area contributed by atoms with Crippen molar-refractivity contribution in [3.63, 3.8) is 0 Å². The predicted octanol–water partition coefficient (Wildman–Crippen LogP) is 7.40. The Labute approximate surface area is 212 Å². The second-order valence-electron chi connectivity index (χ2n) is 8.95. The van der Waals surface area contributed by atoms with E-state index in [2.05, 4.69) is 11.4 Å². The smallest absolute Gasteiger partial charge is 0.340 e. The lowest BCUT2D eigenvalue weighted by Gasteiger charge is -2.37. The normalized spacial score (nSPS) is 16.5. The van der Waals surface area contributed by atoms with Crippen molar-refractivity contribution in [3.05, 3.63) is 113 Å². The molecule has 36 heavy (non-hydrogen) atoms. The number of esters is 1. The molecule has 1 spiro atoms. The first kappa shape index (κ1) is 23.5. The maximum Gasteiger partial charge on any atom is 0.340 e. The fourth-order valence-electron chi connectivity index (χ4n) is 4.90. The molecule has 0 saturated heterocycles. The molecule has 4 aromatic carbocycles. The summed E-state index contributed by atoms with van der Waals surface area (Å²) >= 11 is 0. The van der Waals surface area contributed by atoms with Crippen LogP contribution in [0.2, 0.25) is 0 Å². The zero-order valence-corrected chi connectivity index (χ0v) is 21.3. The van der Waals surface area contributed by atoms with Gasteiger partial charge in [-0.3, -0.25) is 0 Å². The third-order valence-electron chi connectivity index (χ3n) is 6.61. The molecule has 1 unspecified atom stereocenters. The van der Waals surface area contributed by atoms with Gasteiger partial charge in [0, 0.05) is 53.9 Å². The fraction of sp³-hybridized carbons (Fsp3) is 0.194. The second-order valence-corrected chi connectivity index (χ2v) is 8.95. The molecule has 0 radical (unpaired) electrons. The Balaban J connectivity index is 0.00000130. The van der Waals surface area contributed by atoms with E-state index in [0.29, 0.717) is 17.1 Å². The standard InChI is InChI=1S/C29H24N2O3.C2H6/c1-18-15-26-24(17-25(18)30-19-9-5-4-6-10-19)29(22-12-8-7-11-21(22)28(32)34-29)23-14-13-20(31(2)3)16-27(23)33-26;1-2/h4-17,30H,1-3H3;1-2H3. The summed E-state index contributed by atoms with van der Waals surface area (Å²) in [5.41, 5.74) is 5.91. The Morgan fingerprint density at radius 1 is 0.778 bits per heavy atom. The average Bonchev–Trinajstić information content (AvgIpc) is 3.19. The molecule has 0 aliphatic carbocycles. The molecule has 2 aliphatic rings. The number of anilines is 3. The fourth-order valence-corrected chi connectivity index (χ4v) is 4.90. The minimum absolute atomic E-state index is 0.329. The summed E-state index contributed by atoms with van der Waals surface area (Å²) in [6.45, 7) is 6.04. The van der Waals surface area contributed by atoms with Crippen molar-refractivity contribution >= 4 is 23.0 Å². The van der Waals surface area contributed by atoms with E-state index >= 15 is 0 Å². The zero-order chi connectivity index (χ0) is 25.4. The number of benzene rings is 4. The lowest BCUT2D eigenvalue weighted by atomic mass is 9.77. The summed E-state index contributed by atoms with van der Waals surface area (Å²) in [6.07, 6.45) is 0. The summed E-state index contributed by atoms with van der Waals surface area (Å²) in [6, 6.07) is 27.7. The molecule has 2 aliphatic heterocycles. The van der Waals surface area contributed by atoms with Crippen LogP contribution in [0.5, 0.6) is 11.5 Å². The molecule has 1 N–H and O–H groups in total.